The van der Waals surface area contributed by atoms with Crippen LogP contribution in [-0.4, -0.2) is 23.8 Å². The van der Waals surface area contributed by atoms with Crippen molar-refractivity contribution < 1.29 is 14.3 Å². The lowest BCUT2D eigenvalue weighted by atomic mass is 9.99. The van der Waals surface area contributed by atoms with Gasteiger partial charge in [0.15, 0.2) is 0 Å². The Morgan fingerprint density at radius 2 is 1.46 bits per heavy atom. The number of amides is 2. The van der Waals surface area contributed by atoms with E-state index in [0.29, 0.717) is 18.0 Å². The van der Waals surface area contributed by atoms with Crippen LogP contribution in [0.2, 0.25) is 0 Å². The SMILES string of the molecule is COc1ccc(NC(=O)C(c2ccc(C)cc2)N(Cc2ccccc2C)C(=O)Cc2ccccc2)cc1. The molecule has 1 atom stereocenters. The lowest BCUT2D eigenvalue weighted by Crippen LogP contribution is -2.41. The molecule has 0 saturated carbocycles. The van der Waals surface area contributed by atoms with Crippen molar-refractivity contribution in [1.82, 2.24) is 4.90 Å². The second-order valence-corrected chi connectivity index (χ2v) is 9.14. The molecule has 4 aromatic carbocycles. The van der Waals surface area contributed by atoms with Crippen LogP contribution in [-0.2, 0) is 22.6 Å². The van der Waals surface area contributed by atoms with E-state index in [-0.39, 0.29) is 18.2 Å². The van der Waals surface area contributed by atoms with Crippen molar-refractivity contribution in [2.24, 2.45) is 0 Å². The van der Waals surface area contributed by atoms with E-state index in [0.717, 1.165) is 27.8 Å². The largest absolute Gasteiger partial charge is 0.497 e. The van der Waals surface area contributed by atoms with Crippen molar-refractivity contribution >= 4 is 17.5 Å². The number of nitrogens with one attached hydrogen (secondary N) is 1. The summed E-state index contributed by atoms with van der Waals surface area (Å²) in [6.45, 7) is 4.34. The van der Waals surface area contributed by atoms with E-state index < -0.39 is 6.04 Å². The third kappa shape index (κ3) is 6.64. The number of ether oxygens (including phenoxy) is 1. The molecular weight excluding hydrogens is 460 g/mol. The minimum Gasteiger partial charge on any atom is -0.497 e. The average Bonchev–Trinajstić information content (AvgIpc) is 2.91. The summed E-state index contributed by atoms with van der Waals surface area (Å²) in [4.78, 5) is 29.5. The fraction of sp³-hybridized carbons (Fsp3) is 0.188. The van der Waals surface area contributed by atoms with Crippen LogP contribution in [0.1, 0.15) is 33.9 Å². The Balaban J connectivity index is 1.74. The summed E-state index contributed by atoms with van der Waals surface area (Å²) in [5.41, 5.74) is 5.44. The van der Waals surface area contributed by atoms with Gasteiger partial charge in [0, 0.05) is 12.2 Å². The molecule has 0 aromatic heterocycles. The van der Waals surface area contributed by atoms with Crippen LogP contribution >= 0.6 is 0 Å². The van der Waals surface area contributed by atoms with Gasteiger partial charge in [0.05, 0.1) is 13.5 Å². The maximum atomic E-state index is 13.9. The zero-order valence-electron chi connectivity index (χ0n) is 21.5. The van der Waals surface area contributed by atoms with Gasteiger partial charge in [-0.1, -0.05) is 84.4 Å². The number of carbonyl (C=O) groups is 2. The predicted molar refractivity (Wildman–Crippen MR) is 147 cm³/mol. The molecule has 4 aromatic rings. The molecule has 0 saturated heterocycles. The Labute approximate surface area is 218 Å². The highest BCUT2D eigenvalue weighted by atomic mass is 16.5. The monoisotopic (exact) mass is 492 g/mol. The smallest absolute Gasteiger partial charge is 0.251 e. The second kappa shape index (κ2) is 12.0. The van der Waals surface area contributed by atoms with E-state index in [2.05, 4.69) is 5.32 Å². The van der Waals surface area contributed by atoms with Gasteiger partial charge in [-0.3, -0.25) is 9.59 Å². The van der Waals surface area contributed by atoms with Gasteiger partial charge in [0.1, 0.15) is 11.8 Å². The Morgan fingerprint density at radius 1 is 0.811 bits per heavy atom. The number of nitrogens with zero attached hydrogens (tertiary/aromatic N) is 1. The van der Waals surface area contributed by atoms with Gasteiger partial charge in [-0.05, 0) is 60.4 Å². The number of anilines is 1. The summed E-state index contributed by atoms with van der Waals surface area (Å²) < 4.78 is 5.24. The molecule has 0 aliphatic rings. The lowest BCUT2D eigenvalue weighted by molar-refractivity contribution is -0.139. The van der Waals surface area contributed by atoms with Gasteiger partial charge in [-0.15, -0.1) is 0 Å². The normalized spacial score (nSPS) is 11.4. The molecule has 1 N–H and O–H groups in total. The van der Waals surface area contributed by atoms with Crippen molar-refractivity contribution in [3.63, 3.8) is 0 Å². The van der Waals surface area contributed by atoms with Gasteiger partial charge in [-0.25, -0.2) is 0 Å². The predicted octanol–water partition coefficient (Wildman–Crippen LogP) is 6.26. The number of hydrogen-bond donors (Lipinski definition) is 1. The molecule has 5 heteroatoms. The van der Waals surface area contributed by atoms with E-state index in [1.165, 1.54) is 0 Å². The fourth-order valence-electron chi connectivity index (χ4n) is 4.27. The molecule has 4 rings (SSSR count). The van der Waals surface area contributed by atoms with Crippen molar-refractivity contribution in [2.75, 3.05) is 12.4 Å². The number of methoxy groups -OCH3 is 1. The zero-order chi connectivity index (χ0) is 26.2. The topological polar surface area (TPSA) is 58.6 Å². The van der Waals surface area contributed by atoms with Crippen LogP contribution in [0.4, 0.5) is 5.69 Å². The maximum Gasteiger partial charge on any atom is 0.251 e. The third-order valence-corrected chi connectivity index (χ3v) is 6.43. The molecule has 188 valence electrons. The van der Waals surface area contributed by atoms with Crippen LogP contribution in [0.15, 0.2) is 103 Å². The maximum absolute atomic E-state index is 13.9. The average molecular weight is 493 g/mol. The minimum atomic E-state index is -0.821. The fourth-order valence-corrected chi connectivity index (χ4v) is 4.27. The molecule has 37 heavy (non-hydrogen) atoms. The molecule has 5 nitrogen and oxygen atoms in total. The Bertz CT molecular complexity index is 1330. The zero-order valence-corrected chi connectivity index (χ0v) is 21.5. The first-order valence-electron chi connectivity index (χ1n) is 12.3. The van der Waals surface area contributed by atoms with E-state index >= 15 is 0 Å². The quantitative estimate of drug-likeness (QED) is 0.300. The number of rotatable bonds is 9. The van der Waals surface area contributed by atoms with Crippen molar-refractivity contribution in [1.29, 1.82) is 0 Å². The Hall–Kier alpha value is -4.38. The van der Waals surface area contributed by atoms with Gasteiger partial charge in [0.25, 0.3) is 5.91 Å². The second-order valence-electron chi connectivity index (χ2n) is 9.14. The molecule has 0 aliphatic heterocycles. The number of benzene rings is 4. The number of hydrogen-bond acceptors (Lipinski definition) is 3. The lowest BCUT2D eigenvalue weighted by Gasteiger charge is -2.32. The summed E-state index contributed by atoms with van der Waals surface area (Å²) in [6.07, 6.45) is 0.199. The van der Waals surface area contributed by atoms with Crippen LogP contribution in [0.5, 0.6) is 5.75 Å². The van der Waals surface area contributed by atoms with E-state index in [9.17, 15) is 9.59 Å². The van der Waals surface area contributed by atoms with Crippen LogP contribution < -0.4 is 10.1 Å². The van der Waals surface area contributed by atoms with Gasteiger partial charge >= 0.3 is 0 Å². The minimum absolute atomic E-state index is 0.120. The van der Waals surface area contributed by atoms with E-state index in [1.54, 1.807) is 36.3 Å². The van der Waals surface area contributed by atoms with Gasteiger partial charge in [-0.2, -0.15) is 0 Å². The first kappa shape index (κ1) is 25.7. The van der Waals surface area contributed by atoms with Crippen molar-refractivity contribution in [3.05, 3.63) is 131 Å². The molecule has 0 aliphatic carbocycles. The molecule has 1 unspecified atom stereocenters. The van der Waals surface area contributed by atoms with Crippen LogP contribution in [0, 0.1) is 13.8 Å². The summed E-state index contributed by atoms with van der Waals surface area (Å²) >= 11 is 0. The molecule has 0 radical (unpaired) electrons. The highest BCUT2D eigenvalue weighted by molar-refractivity contribution is 5.98. The first-order valence-corrected chi connectivity index (χ1v) is 12.3. The molecule has 2 amide bonds. The summed E-state index contributed by atoms with van der Waals surface area (Å²) in [5, 5.41) is 3.02. The van der Waals surface area contributed by atoms with Crippen molar-refractivity contribution in [2.45, 2.75) is 32.9 Å². The van der Waals surface area contributed by atoms with Crippen LogP contribution in [0.25, 0.3) is 0 Å². The van der Waals surface area contributed by atoms with E-state index in [4.69, 9.17) is 4.74 Å². The highest BCUT2D eigenvalue weighted by Gasteiger charge is 2.32. The summed E-state index contributed by atoms with van der Waals surface area (Å²) in [7, 11) is 1.60. The van der Waals surface area contributed by atoms with Crippen molar-refractivity contribution in [3.8, 4) is 5.75 Å². The Kier molecular flexibility index (Phi) is 8.37. The number of aryl methyl sites for hydroxylation is 2. The number of carbonyl (C=O) groups excluding carboxylic acids is 2. The summed E-state index contributed by atoms with van der Waals surface area (Å²) in [6, 6.07) is 31.7. The molecule has 0 bridgehead atoms. The molecular formula is C32H32N2O3. The Morgan fingerprint density at radius 3 is 2.11 bits per heavy atom. The molecule has 0 fully saturated rings. The summed E-state index contributed by atoms with van der Waals surface area (Å²) in [5.74, 6) is 0.307. The molecule has 0 spiro atoms. The molecule has 0 heterocycles. The standard InChI is InChI=1S/C32H32N2O3/c1-23-13-15-26(16-14-23)31(32(36)33-28-17-19-29(37-3)20-18-28)34(22-27-12-8-7-9-24(27)2)30(35)21-25-10-5-4-6-11-25/h4-20,31H,21-22H2,1-3H3,(H,33,36). The highest BCUT2D eigenvalue weighted by Crippen LogP contribution is 2.28. The third-order valence-electron chi connectivity index (χ3n) is 6.43. The van der Waals surface area contributed by atoms with Gasteiger partial charge in [0.2, 0.25) is 5.91 Å². The van der Waals surface area contributed by atoms with Crippen LogP contribution in [0.3, 0.4) is 0 Å². The van der Waals surface area contributed by atoms with E-state index in [1.807, 2.05) is 92.7 Å². The first-order chi connectivity index (χ1) is 17.9. The van der Waals surface area contributed by atoms with Gasteiger partial charge < -0.3 is 15.0 Å².